The maximum Gasteiger partial charge on any atom is 0.343 e. The molecule has 7 heteroatoms. The summed E-state index contributed by atoms with van der Waals surface area (Å²) >= 11 is 0. The van der Waals surface area contributed by atoms with E-state index in [1.54, 1.807) is 11.6 Å². The van der Waals surface area contributed by atoms with Crippen molar-refractivity contribution in [3.63, 3.8) is 0 Å². The topological polar surface area (TPSA) is 114 Å². The summed E-state index contributed by atoms with van der Waals surface area (Å²) in [7, 11) is 1.66. The third-order valence-corrected chi connectivity index (χ3v) is 2.13. The number of aromatic amines is 1. The smallest absolute Gasteiger partial charge is 0.343 e. The number of hydrogen-bond acceptors (Lipinski definition) is 4. The molecule has 2 aromatic heterocycles. The highest BCUT2D eigenvalue weighted by atomic mass is 16.4. The Kier molecular flexibility index (Phi) is 1.75. The van der Waals surface area contributed by atoms with Crippen molar-refractivity contribution in [3.05, 3.63) is 22.2 Å². The van der Waals surface area contributed by atoms with Crippen LogP contribution in [0.25, 0.3) is 11.2 Å². The lowest BCUT2D eigenvalue weighted by molar-refractivity contribution is 0.0696. The first-order valence-corrected chi connectivity index (χ1v) is 4.08. The van der Waals surface area contributed by atoms with Crippen LogP contribution in [0.5, 0.6) is 0 Å². The number of nitrogens with one attached hydrogen (secondary N) is 1. The standard InChI is InChI=1S/C8H8N4O3/c1-12-2-10-6-5(12)4(9)3(8(14)15)7(13)11-6/h2H,1H3,(H,14,15)(H3,9,11,13). The largest absolute Gasteiger partial charge is 0.477 e. The molecule has 0 aliphatic carbocycles. The van der Waals surface area contributed by atoms with Gasteiger partial charge >= 0.3 is 5.97 Å². The van der Waals surface area contributed by atoms with Gasteiger partial charge < -0.3 is 20.4 Å². The molecule has 0 aliphatic heterocycles. The van der Waals surface area contributed by atoms with Crippen LogP contribution >= 0.6 is 0 Å². The molecule has 0 bridgehead atoms. The van der Waals surface area contributed by atoms with E-state index in [1.807, 2.05) is 0 Å². The fourth-order valence-electron chi connectivity index (χ4n) is 1.46. The molecular weight excluding hydrogens is 200 g/mol. The minimum atomic E-state index is -1.35. The molecule has 78 valence electrons. The number of aromatic carboxylic acids is 1. The van der Waals surface area contributed by atoms with E-state index in [9.17, 15) is 9.59 Å². The van der Waals surface area contributed by atoms with Gasteiger partial charge in [0.25, 0.3) is 5.56 Å². The quantitative estimate of drug-likeness (QED) is 0.586. The van der Waals surface area contributed by atoms with Crippen LogP contribution in [0, 0.1) is 0 Å². The summed E-state index contributed by atoms with van der Waals surface area (Å²) in [4.78, 5) is 28.4. The van der Waals surface area contributed by atoms with Crippen molar-refractivity contribution in [1.82, 2.24) is 14.5 Å². The van der Waals surface area contributed by atoms with E-state index in [-0.39, 0.29) is 11.3 Å². The predicted molar refractivity (Wildman–Crippen MR) is 52.7 cm³/mol. The van der Waals surface area contributed by atoms with Gasteiger partial charge in [-0.3, -0.25) is 4.79 Å². The van der Waals surface area contributed by atoms with Gasteiger partial charge in [-0.05, 0) is 0 Å². The maximum absolute atomic E-state index is 11.3. The molecule has 0 atom stereocenters. The van der Waals surface area contributed by atoms with Crippen LogP contribution in [0.3, 0.4) is 0 Å². The Bertz CT molecular complexity index is 610. The molecule has 4 N–H and O–H groups in total. The van der Waals surface area contributed by atoms with Gasteiger partial charge in [0, 0.05) is 7.05 Å². The van der Waals surface area contributed by atoms with Gasteiger partial charge in [-0.1, -0.05) is 0 Å². The fourth-order valence-corrected chi connectivity index (χ4v) is 1.46. The number of aromatic nitrogens is 3. The molecule has 7 nitrogen and oxygen atoms in total. The zero-order valence-electron chi connectivity index (χ0n) is 7.81. The van der Waals surface area contributed by atoms with Gasteiger partial charge in [0.1, 0.15) is 11.1 Å². The van der Waals surface area contributed by atoms with Crippen molar-refractivity contribution < 1.29 is 9.90 Å². The van der Waals surface area contributed by atoms with Crippen LogP contribution in [-0.2, 0) is 7.05 Å². The van der Waals surface area contributed by atoms with Crippen molar-refractivity contribution in [2.24, 2.45) is 7.05 Å². The number of pyridine rings is 1. The number of nitrogens with zero attached hydrogens (tertiary/aromatic N) is 2. The summed E-state index contributed by atoms with van der Waals surface area (Å²) in [6, 6.07) is 0. The highest BCUT2D eigenvalue weighted by molar-refractivity contribution is 6.01. The normalized spacial score (nSPS) is 10.7. The lowest BCUT2D eigenvalue weighted by atomic mass is 10.2. The summed E-state index contributed by atoms with van der Waals surface area (Å²) in [5, 5.41) is 8.80. The molecule has 0 radical (unpaired) electrons. The van der Waals surface area contributed by atoms with E-state index in [1.165, 1.54) is 6.33 Å². The highest BCUT2D eigenvalue weighted by Crippen LogP contribution is 2.18. The molecule has 0 aromatic carbocycles. The lowest BCUT2D eigenvalue weighted by Crippen LogP contribution is -2.20. The molecule has 2 rings (SSSR count). The third kappa shape index (κ3) is 1.17. The van der Waals surface area contributed by atoms with Crippen LogP contribution < -0.4 is 11.3 Å². The summed E-state index contributed by atoms with van der Waals surface area (Å²) in [5.74, 6) is -1.35. The number of anilines is 1. The van der Waals surface area contributed by atoms with Crippen LogP contribution in [0.4, 0.5) is 5.69 Å². The molecule has 2 heterocycles. The third-order valence-electron chi connectivity index (χ3n) is 2.13. The molecule has 0 spiro atoms. The van der Waals surface area contributed by atoms with Gasteiger partial charge in [-0.25, -0.2) is 9.78 Å². The Hall–Kier alpha value is -2.31. The van der Waals surface area contributed by atoms with Gasteiger partial charge in [-0.2, -0.15) is 0 Å². The molecule has 15 heavy (non-hydrogen) atoms. The van der Waals surface area contributed by atoms with Crippen molar-refractivity contribution in [2.75, 3.05) is 5.73 Å². The zero-order chi connectivity index (χ0) is 11.2. The van der Waals surface area contributed by atoms with Crippen molar-refractivity contribution in [2.45, 2.75) is 0 Å². The molecule has 0 saturated carbocycles. The van der Waals surface area contributed by atoms with Gasteiger partial charge in [-0.15, -0.1) is 0 Å². The summed E-state index contributed by atoms with van der Waals surface area (Å²) < 4.78 is 1.55. The van der Waals surface area contributed by atoms with E-state index in [4.69, 9.17) is 10.8 Å². The summed E-state index contributed by atoms with van der Waals surface area (Å²) in [6.45, 7) is 0. The number of aryl methyl sites for hydroxylation is 1. The molecular formula is C8H8N4O3. The predicted octanol–water partition coefficient (Wildman–Crippen LogP) is -0.458. The Labute approximate surface area is 83.2 Å². The molecule has 2 aromatic rings. The SMILES string of the molecule is Cn1cnc2[nH]c(=O)c(C(=O)O)c(N)c21. The van der Waals surface area contributed by atoms with Crippen LogP contribution in [-0.4, -0.2) is 25.6 Å². The molecule has 0 fully saturated rings. The first-order valence-electron chi connectivity index (χ1n) is 4.08. The first-order chi connectivity index (χ1) is 7.02. The van der Waals surface area contributed by atoms with Crippen LogP contribution in [0.15, 0.2) is 11.1 Å². The average molecular weight is 208 g/mol. The van der Waals surface area contributed by atoms with E-state index >= 15 is 0 Å². The van der Waals surface area contributed by atoms with Crippen molar-refractivity contribution >= 4 is 22.8 Å². The minimum absolute atomic E-state index is 0.0683. The number of fused-ring (bicyclic) bond motifs is 1. The Balaban J connectivity index is 3.00. The number of carboxylic acids is 1. The molecule has 0 unspecified atom stereocenters. The number of nitrogen functional groups attached to an aromatic ring is 1. The maximum atomic E-state index is 11.3. The number of carbonyl (C=O) groups is 1. The lowest BCUT2D eigenvalue weighted by Gasteiger charge is -2.02. The van der Waals surface area contributed by atoms with Gasteiger partial charge in [0.2, 0.25) is 0 Å². The van der Waals surface area contributed by atoms with Crippen LogP contribution in [0.2, 0.25) is 0 Å². The van der Waals surface area contributed by atoms with E-state index in [0.29, 0.717) is 5.52 Å². The number of rotatable bonds is 1. The monoisotopic (exact) mass is 208 g/mol. The molecule has 0 amide bonds. The van der Waals surface area contributed by atoms with Gasteiger partial charge in [0.15, 0.2) is 5.65 Å². The summed E-state index contributed by atoms with van der Waals surface area (Å²) in [5.41, 5.74) is 5.03. The number of carboxylic acid groups (broad SMARTS) is 1. The first kappa shape index (κ1) is 9.25. The van der Waals surface area contributed by atoms with Crippen molar-refractivity contribution in [3.8, 4) is 0 Å². The summed E-state index contributed by atoms with van der Waals surface area (Å²) in [6.07, 6.45) is 1.45. The Morgan fingerprint density at radius 2 is 2.33 bits per heavy atom. The Morgan fingerprint density at radius 1 is 1.67 bits per heavy atom. The number of H-pyrrole nitrogens is 1. The molecule has 0 saturated heterocycles. The van der Waals surface area contributed by atoms with Gasteiger partial charge in [0.05, 0.1) is 12.0 Å². The zero-order valence-corrected chi connectivity index (χ0v) is 7.81. The van der Waals surface area contributed by atoms with E-state index in [0.717, 1.165) is 0 Å². The fraction of sp³-hybridized carbons (Fsp3) is 0.125. The van der Waals surface area contributed by atoms with E-state index < -0.39 is 17.1 Å². The average Bonchev–Trinajstić information content (AvgIpc) is 2.46. The number of imidazole rings is 1. The molecule has 0 aliphatic rings. The van der Waals surface area contributed by atoms with E-state index in [2.05, 4.69) is 9.97 Å². The second kappa shape index (κ2) is 2.84. The second-order valence-corrected chi connectivity index (χ2v) is 3.10. The second-order valence-electron chi connectivity index (χ2n) is 3.10. The highest BCUT2D eigenvalue weighted by Gasteiger charge is 2.18. The Morgan fingerprint density at radius 3 is 2.93 bits per heavy atom. The number of hydrogen-bond donors (Lipinski definition) is 3. The van der Waals surface area contributed by atoms with Crippen LogP contribution in [0.1, 0.15) is 10.4 Å². The van der Waals surface area contributed by atoms with Crippen molar-refractivity contribution in [1.29, 1.82) is 0 Å². The number of nitrogens with two attached hydrogens (primary N) is 1. The minimum Gasteiger partial charge on any atom is -0.477 e.